The largest absolute Gasteiger partial charge is 2.00 e. The number of hydrogen-bond acceptors (Lipinski definition) is 3. The molecule has 0 bridgehead atoms. The molecule has 0 saturated carbocycles. The monoisotopic (exact) mass is 895 g/mol. The SMILES string of the molecule is CCc1nn(-c2[c-]c(Oc3[c-]c4c(cc3)c3cc(CCCCC(C)(C)C)ccc3n4-c3cc(C(C)(C)C)ccn3)ccc2)c(CC)c1-c1ccccc1.[Pt+2]. The van der Waals surface area contributed by atoms with E-state index in [1.807, 2.05) is 35.1 Å². The molecule has 3 heterocycles. The van der Waals surface area contributed by atoms with Gasteiger partial charge in [0.1, 0.15) is 5.82 Å². The predicted octanol–water partition coefficient (Wildman–Crippen LogP) is 12.6. The smallest absolute Gasteiger partial charge is 0.509 e. The van der Waals surface area contributed by atoms with Crippen molar-refractivity contribution < 1.29 is 25.8 Å². The quantitative estimate of drug-likeness (QED) is 0.0960. The molecule has 0 atom stereocenters. The summed E-state index contributed by atoms with van der Waals surface area (Å²) in [6.07, 6.45) is 8.32. The fourth-order valence-corrected chi connectivity index (χ4v) is 7.37. The van der Waals surface area contributed by atoms with E-state index in [9.17, 15) is 0 Å². The van der Waals surface area contributed by atoms with Crippen molar-refractivity contribution in [1.29, 1.82) is 0 Å². The van der Waals surface area contributed by atoms with Gasteiger partial charge in [-0.25, -0.2) is 4.98 Å². The van der Waals surface area contributed by atoms with Gasteiger partial charge in [-0.05, 0) is 88.9 Å². The van der Waals surface area contributed by atoms with E-state index >= 15 is 0 Å². The maximum absolute atomic E-state index is 6.57. The van der Waals surface area contributed by atoms with E-state index in [-0.39, 0.29) is 26.5 Å². The summed E-state index contributed by atoms with van der Waals surface area (Å²) in [4.78, 5) is 4.90. The van der Waals surface area contributed by atoms with Crippen molar-refractivity contribution in [1.82, 2.24) is 19.3 Å². The van der Waals surface area contributed by atoms with Gasteiger partial charge in [0.2, 0.25) is 0 Å². The molecule has 4 aromatic carbocycles. The van der Waals surface area contributed by atoms with Crippen molar-refractivity contribution >= 4 is 21.8 Å². The average molecular weight is 896 g/mol. The molecule has 5 nitrogen and oxygen atoms in total. The summed E-state index contributed by atoms with van der Waals surface area (Å²) in [7, 11) is 0. The van der Waals surface area contributed by atoms with E-state index in [0.29, 0.717) is 16.9 Å². The zero-order valence-electron chi connectivity index (χ0n) is 33.0. The van der Waals surface area contributed by atoms with Crippen molar-refractivity contribution in [2.24, 2.45) is 5.41 Å². The van der Waals surface area contributed by atoms with Gasteiger partial charge in [0.15, 0.2) is 0 Å². The van der Waals surface area contributed by atoms with E-state index < -0.39 is 0 Å². The number of hydrogen-bond donors (Lipinski definition) is 0. The summed E-state index contributed by atoms with van der Waals surface area (Å²) >= 11 is 0. The molecule has 0 spiro atoms. The maximum atomic E-state index is 6.57. The first-order valence-electron chi connectivity index (χ1n) is 19.3. The van der Waals surface area contributed by atoms with Crippen LogP contribution in [0.2, 0.25) is 0 Å². The molecule has 0 radical (unpaired) electrons. The van der Waals surface area contributed by atoms with Crippen LogP contribution in [-0.2, 0) is 45.7 Å². The zero-order valence-corrected chi connectivity index (χ0v) is 35.3. The Morgan fingerprint density at radius 1 is 0.741 bits per heavy atom. The number of rotatable bonds is 11. The summed E-state index contributed by atoms with van der Waals surface area (Å²) in [5.74, 6) is 2.12. The molecule has 7 rings (SSSR count). The Morgan fingerprint density at radius 3 is 2.24 bits per heavy atom. The fraction of sp³-hybridized carbons (Fsp3) is 0.333. The molecule has 0 amide bonds. The number of nitrogens with zero attached hydrogens (tertiary/aromatic N) is 4. The average Bonchev–Trinajstić information content (AvgIpc) is 3.68. The Bertz CT molecular complexity index is 2370. The van der Waals surface area contributed by atoms with Crippen LogP contribution in [0.15, 0.2) is 97.2 Å². The summed E-state index contributed by atoms with van der Waals surface area (Å²) in [5, 5.41) is 7.42. The van der Waals surface area contributed by atoms with Crippen LogP contribution in [0.25, 0.3) is 44.4 Å². The molecular weight excluding hydrogens is 844 g/mol. The molecule has 0 unspecified atom stereocenters. The molecule has 54 heavy (non-hydrogen) atoms. The Kier molecular flexibility index (Phi) is 11.7. The first kappa shape index (κ1) is 39.2. The van der Waals surface area contributed by atoms with Crippen LogP contribution in [0.1, 0.15) is 97.2 Å². The van der Waals surface area contributed by atoms with Crippen molar-refractivity contribution in [2.75, 3.05) is 0 Å². The molecule has 0 saturated heterocycles. The second kappa shape index (κ2) is 16.1. The van der Waals surface area contributed by atoms with Gasteiger partial charge in [-0.2, -0.15) is 17.2 Å². The van der Waals surface area contributed by atoms with Crippen molar-refractivity contribution in [3.8, 4) is 34.1 Å². The molecule has 0 aliphatic rings. The normalized spacial score (nSPS) is 12.0. The number of pyridine rings is 1. The van der Waals surface area contributed by atoms with Crippen LogP contribution in [0.3, 0.4) is 0 Å². The number of aryl methyl sites for hydroxylation is 2. The molecule has 0 N–H and O–H groups in total. The first-order valence-corrected chi connectivity index (χ1v) is 19.3. The van der Waals surface area contributed by atoms with Crippen LogP contribution in [0, 0.1) is 17.5 Å². The van der Waals surface area contributed by atoms with Crippen LogP contribution < -0.4 is 4.74 Å². The minimum absolute atomic E-state index is 0. The minimum Gasteiger partial charge on any atom is -0.509 e. The van der Waals surface area contributed by atoms with E-state index in [4.69, 9.17) is 14.8 Å². The molecule has 0 aliphatic carbocycles. The summed E-state index contributed by atoms with van der Waals surface area (Å²) in [5.41, 5.74) is 10.5. The van der Waals surface area contributed by atoms with Gasteiger partial charge in [0.05, 0.1) is 5.69 Å². The fourth-order valence-electron chi connectivity index (χ4n) is 7.37. The standard InChI is InChI=1S/C48H52N4O.Pt/c1-9-41-46(34-18-12-11-13-19-34)42(10-2)52(50-41)36-20-16-21-37(31-36)53-38-23-24-39-40-29-33(17-14-15-27-47(3,4)5)22-25-43(40)51(44(39)32-38)45-30-35(26-28-49-45)48(6,7)8;/h11-13,16,18-26,28-30H,9-10,14-15,17,27H2,1-8H3;/q-2;+2. The second-order valence-corrected chi connectivity index (χ2v) is 16.4. The van der Waals surface area contributed by atoms with Gasteiger partial charge in [-0.3, -0.25) is 4.68 Å². The Morgan fingerprint density at radius 2 is 1.52 bits per heavy atom. The Labute approximate surface area is 336 Å². The van der Waals surface area contributed by atoms with E-state index in [1.54, 1.807) is 0 Å². The zero-order chi connectivity index (χ0) is 37.3. The van der Waals surface area contributed by atoms with Crippen LogP contribution in [-0.4, -0.2) is 19.3 Å². The third-order valence-electron chi connectivity index (χ3n) is 10.2. The van der Waals surface area contributed by atoms with Crippen molar-refractivity contribution in [3.63, 3.8) is 0 Å². The summed E-state index contributed by atoms with van der Waals surface area (Å²) in [6, 6.07) is 39.2. The third kappa shape index (κ3) is 8.27. The molecule has 7 aromatic rings. The summed E-state index contributed by atoms with van der Waals surface area (Å²) in [6.45, 7) is 18.0. The molecular formula is C48H52N4OPt. The topological polar surface area (TPSA) is 44.9 Å². The predicted molar refractivity (Wildman–Crippen MR) is 220 cm³/mol. The number of aromatic nitrogens is 4. The van der Waals surface area contributed by atoms with Crippen LogP contribution >= 0.6 is 0 Å². The Hall–Kier alpha value is -4.47. The number of ether oxygens (including phenoxy) is 1. The van der Waals surface area contributed by atoms with Gasteiger partial charge in [0, 0.05) is 34.5 Å². The van der Waals surface area contributed by atoms with Gasteiger partial charge in [-0.15, -0.1) is 35.7 Å². The van der Waals surface area contributed by atoms with Gasteiger partial charge >= 0.3 is 21.1 Å². The van der Waals surface area contributed by atoms with E-state index in [1.165, 1.54) is 46.9 Å². The van der Waals surface area contributed by atoms with Gasteiger partial charge in [0.25, 0.3) is 0 Å². The maximum Gasteiger partial charge on any atom is 2.00 e. The van der Waals surface area contributed by atoms with Crippen LogP contribution in [0.5, 0.6) is 11.5 Å². The first-order chi connectivity index (χ1) is 25.4. The molecule has 6 heteroatoms. The third-order valence-corrected chi connectivity index (χ3v) is 10.2. The molecule has 0 fully saturated rings. The molecule has 0 aliphatic heterocycles. The van der Waals surface area contributed by atoms with E-state index in [0.717, 1.165) is 58.6 Å². The number of unbranched alkanes of at least 4 members (excludes halogenated alkanes) is 1. The number of fused-ring (bicyclic) bond motifs is 3. The van der Waals surface area contributed by atoms with Crippen molar-refractivity contribution in [3.05, 3.63) is 132 Å². The molecule has 280 valence electrons. The van der Waals surface area contributed by atoms with Gasteiger partial charge < -0.3 is 9.30 Å². The van der Waals surface area contributed by atoms with E-state index in [2.05, 4.69) is 139 Å². The second-order valence-electron chi connectivity index (χ2n) is 16.4. The van der Waals surface area contributed by atoms with Crippen molar-refractivity contribution in [2.45, 2.75) is 99.3 Å². The Balaban J connectivity index is 0.00000497. The molecule has 3 aromatic heterocycles. The number of benzene rings is 4. The van der Waals surface area contributed by atoms with Gasteiger partial charge in [-0.1, -0.05) is 110 Å². The van der Waals surface area contributed by atoms with Crippen LogP contribution in [0.4, 0.5) is 0 Å². The minimum atomic E-state index is -0.0124. The summed E-state index contributed by atoms with van der Waals surface area (Å²) < 4.78 is 10.8.